The van der Waals surface area contributed by atoms with Crippen molar-refractivity contribution in [2.45, 2.75) is 57.5 Å². The highest BCUT2D eigenvalue weighted by atomic mass is 16.5. The molecule has 0 radical (unpaired) electrons. The minimum Gasteiger partial charge on any atom is -0.493 e. The molecule has 1 N–H and O–H groups in total. The highest BCUT2D eigenvalue weighted by Crippen LogP contribution is 2.30. The molecule has 31 heavy (non-hydrogen) atoms. The van der Waals surface area contributed by atoms with Gasteiger partial charge in [0.15, 0.2) is 0 Å². The summed E-state index contributed by atoms with van der Waals surface area (Å²) in [4.78, 5) is 26.4. The maximum Gasteiger partial charge on any atom is 0.253 e. The largest absolute Gasteiger partial charge is 0.493 e. The molecule has 2 aromatic carbocycles. The molecule has 2 saturated carbocycles. The summed E-state index contributed by atoms with van der Waals surface area (Å²) in [5, 5.41) is 3.05. The number of benzene rings is 2. The number of hydrogen-bond donors (Lipinski definition) is 1. The Balaban J connectivity index is 1.34. The highest BCUT2D eigenvalue weighted by Gasteiger charge is 2.30. The number of nitrogens with one attached hydrogen (secondary N) is 1. The monoisotopic (exact) mass is 420 g/mol. The third-order valence-corrected chi connectivity index (χ3v) is 6.46. The van der Waals surface area contributed by atoms with E-state index in [2.05, 4.69) is 17.4 Å². The number of rotatable bonds is 8. The molecule has 0 unspecified atom stereocenters. The Kier molecular flexibility index (Phi) is 6.59. The van der Waals surface area contributed by atoms with Gasteiger partial charge >= 0.3 is 0 Å². The van der Waals surface area contributed by atoms with Gasteiger partial charge in [-0.3, -0.25) is 9.59 Å². The van der Waals surface area contributed by atoms with Gasteiger partial charge in [0.05, 0.1) is 6.61 Å². The molecule has 5 heteroatoms. The minimum atomic E-state index is 0.0304. The Morgan fingerprint density at radius 1 is 0.968 bits per heavy atom. The van der Waals surface area contributed by atoms with Crippen molar-refractivity contribution in [3.63, 3.8) is 0 Å². The van der Waals surface area contributed by atoms with Crippen LogP contribution in [0.4, 0.5) is 0 Å². The Bertz CT molecular complexity index is 903. The average Bonchev–Trinajstić information content (AvgIpc) is 3.53. The van der Waals surface area contributed by atoms with Gasteiger partial charge in [0.2, 0.25) is 5.91 Å². The zero-order chi connectivity index (χ0) is 21.8. The molecule has 0 heterocycles. The maximum absolute atomic E-state index is 13.0. The Hall–Kier alpha value is -2.82. The van der Waals surface area contributed by atoms with E-state index in [1.807, 2.05) is 55.3 Å². The fourth-order valence-corrected chi connectivity index (χ4v) is 4.19. The van der Waals surface area contributed by atoms with Gasteiger partial charge in [-0.15, -0.1) is 0 Å². The van der Waals surface area contributed by atoms with Gasteiger partial charge in [0, 0.05) is 31.1 Å². The smallest absolute Gasteiger partial charge is 0.253 e. The van der Waals surface area contributed by atoms with Gasteiger partial charge < -0.3 is 15.0 Å². The van der Waals surface area contributed by atoms with E-state index in [4.69, 9.17) is 4.74 Å². The summed E-state index contributed by atoms with van der Waals surface area (Å²) in [5.41, 5.74) is 2.88. The van der Waals surface area contributed by atoms with E-state index in [9.17, 15) is 9.59 Å². The zero-order valence-electron chi connectivity index (χ0n) is 18.5. The van der Waals surface area contributed by atoms with Gasteiger partial charge in [-0.05, 0) is 73.4 Å². The summed E-state index contributed by atoms with van der Waals surface area (Å²) < 4.78 is 5.81. The zero-order valence-corrected chi connectivity index (χ0v) is 18.5. The Morgan fingerprint density at radius 3 is 2.23 bits per heavy atom. The second kappa shape index (κ2) is 9.54. The fraction of sp³-hybridized carbons (Fsp3) is 0.462. The van der Waals surface area contributed by atoms with Crippen LogP contribution in [-0.4, -0.2) is 42.5 Å². The summed E-state index contributed by atoms with van der Waals surface area (Å²) in [6, 6.07) is 16.3. The topological polar surface area (TPSA) is 58.6 Å². The van der Waals surface area contributed by atoms with Crippen molar-refractivity contribution in [3.8, 4) is 16.9 Å². The molecule has 5 nitrogen and oxygen atoms in total. The summed E-state index contributed by atoms with van der Waals surface area (Å²) in [6.07, 6.45) is 5.74. The summed E-state index contributed by atoms with van der Waals surface area (Å²) in [6.45, 7) is 2.68. The second-order valence-electron chi connectivity index (χ2n) is 8.86. The lowest BCUT2D eigenvalue weighted by atomic mass is 10.0. The van der Waals surface area contributed by atoms with Crippen LogP contribution >= 0.6 is 0 Å². The lowest BCUT2D eigenvalue weighted by Crippen LogP contribution is -2.38. The number of carbonyl (C=O) groups is 2. The van der Waals surface area contributed by atoms with E-state index in [0.717, 1.165) is 48.7 Å². The first-order valence-electron chi connectivity index (χ1n) is 11.4. The molecule has 164 valence electrons. The van der Waals surface area contributed by atoms with Crippen LogP contribution in [0.1, 0.15) is 55.8 Å². The second-order valence-corrected chi connectivity index (χ2v) is 8.86. The highest BCUT2D eigenvalue weighted by molar-refractivity contribution is 5.94. The van der Waals surface area contributed by atoms with E-state index in [1.54, 1.807) is 0 Å². The van der Waals surface area contributed by atoms with Crippen LogP contribution in [0.5, 0.6) is 5.75 Å². The summed E-state index contributed by atoms with van der Waals surface area (Å²) in [5.74, 6) is 1.77. The Labute approximate surface area is 184 Å². The summed E-state index contributed by atoms with van der Waals surface area (Å²) in [7, 11) is 1.87. The number of amides is 2. The maximum atomic E-state index is 13.0. The van der Waals surface area contributed by atoms with Crippen molar-refractivity contribution >= 4 is 11.8 Å². The SMILES string of the molecule is CCC(=O)N[C@H]1CC[C@@H](N(C)C(=O)c2ccc(-c3ccc(OCC4CC4)cc3)cc2)C1. The van der Waals surface area contributed by atoms with E-state index in [0.29, 0.717) is 12.0 Å². The van der Waals surface area contributed by atoms with Crippen molar-refractivity contribution in [1.82, 2.24) is 10.2 Å². The van der Waals surface area contributed by atoms with Crippen LogP contribution in [0.15, 0.2) is 48.5 Å². The van der Waals surface area contributed by atoms with Gasteiger partial charge in [-0.2, -0.15) is 0 Å². The molecule has 2 aromatic rings. The predicted octanol–water partition coefficient (Wildman–Crippen LogP) is 4.66. The number of nitrogens with zero attached hydrogens (tertiary/aromatic N) is 1. The van der Waals surface area contributed by atoms with Crippen LogP contribution in [0.3, 0.4) is 0 Å². The molecule has 0 saturated heterocycles. The standard InChI is InChI=1S/C26H32N2O3/c1-3-25(29)27-22-12-13-23(16-22)28(2)26(30)21-8-6-19(7-9-21)20-10-14-24(15-11-20)31-17-18-4-5-18/h6-11,14-15,18,22-23H,3-5,12-13,16-17H2,1-2H3,(H,27,29)/t22-,23+/m0/s1. The predicted molar refractivity (Wildman–Crippen MR) is 122 cm³/mol. The first kappa shape index (κ1) is 21.4. The molecule has 0 aliphatic heterocycles. The third kappa shape index (κ3) is 5.46. The molecule has 2 amide bonds. The Morgan fingerprint density at radius 2 is 1.61 bits per heavy atom. The van der Waals surface area contributed by atoms with Gasteiger partial charge in [-0.1, -0.05) is 31.2 Å². The van der Waals surface area contributed by atoms with Gasteiger partial charge in [0.1, 0.15) is 5.75 Å². The molecule has 2 aliphatic carbocycles. The number of ether oxygens (including phenoxy) is 1. The first-order valence-corrected chi connectivity index (χ1v) is 11.4. The van der Waals surface area contributed by atoms with Crippen molar-refractivity contribution in [3.05, 3.63) is 54.1 Å². The lowest BCUT2D eigenvalue weighted by molar-refractivity contribution is -0.121. The molecular weight excluding hydrogens is 388 g/mol. The lowest BCUT2D eigenvalue weighted by Gasteiger charge is -2.25. The van der Waals surface area contributed by atoms with E-state index in [1.165, 1.54) is 12.8 Å². The average molecular weight is 421 g/mol. The molecular formula is C26H32N2O3. The quantitative estimate of drug-likeness (QED) is 0.676. The van der Waals surface area contributed by atoms with Crippen LogP contribution in [0, 0.1) is 5.92 Å². The van der Waals surface area contributed by atoms with Crippen LogP contribution in [0.2, 0.25) is 0 Å². The van der Waals surface area contributed by atoms with Crippen molar-refractivity contribution in [2.24, 2.45) is 5.92 Å². The minimum absolute atomic E-state index is 0.0304. The van der Waals surface area contributed by atoms with Gasteiger partial charge in [0.25, 0.3) is 5.91 Å². The van der Waals surface area contributed by atoms with Crippen molar-refractivity contribution in [2.75, 3.05) is 13.7 Å². The van der Waals surface area contributed by atoms with Crippen LogP contribution < -0.4 is 10.1 Å². The van der Waals surface area contributed by atoms with E-state index >= 15 is 0 Å². The molecule has 0 aromatic heterocycles. The van der Waals surface area contributed by atoms with E-state index in [-0.39, 0.29) is 23.9 Å². The van der Waals surface area contributed by atoms with Crippen LogP contribution in [-0.2, 0) is 4.79 Å². The summed E-state index contributed by atoms with van der Waals surface area (Å²) >= 11 is 0. The first-order chi connectivity index (χ1) is 15.0. The van der Waals surface area contributed by atoms with Crippen molar-refractivity contribution in [1.29, 1.82) is 0 Å². The molecule has 0 bridgehead atoms. The number of hydrogen-bond acceptors (Lipinski definition) is 3. The van der Waals surface area contributed by atoms with Gasteiger partial charge in [-0.25, -0.2) is 0 Å². The molecule has 2 atom stereocenters. The van der Waals surface area contributed by atoms with E-state index < -0.39 is 0 Å². The number of carbonyl (C=O) groups excluding carboxylic acids is 2. The van der Waals surface area contributed by atoms with Crippen LogP contribution in [0.25, 0.3) is 11.1 Å². The molecule has 2 fully saturated rings. The fourth-order valence-electron chi connectivity index (χ4n) is 4.19. The molecule has 4 rings (SSSR count). The third-order valence-electron chi connectivity index (χ3n) is 6.46. The molecule has 2 aliphatic rings. The molecule has 0 spiro atoms. The van der Waals surface area contributed by atoms with Crippen molar-refractivity contribution < 1.29 is 14.3 Å². The normalized spacial score (nSPS) is 20.3.